The Kier molecular flexibility index (Phi) is 5.87. The second-order valence-electron chi connectivity index (χ2n) is 7.18. The van der Waals surface area contributed by atoms with Crippen LogP contribution in [0.25, 0.3) is 11.2 Å². The number of imidazole rings is 1. The van der Waals surface area contributed by atoms with E-state index in [1.165, 1.54) is 5.56 Å². The van der Waals surface area contributed by atoms with E-state index < -0.39 is 0 Å². The average molecular weight is 491 g/mol. The van der Waals surface area contributed by atoms with Crippen molar-refractivity contribution in [2.24, 2.45) is 0 Å². The average Bonchev–Trinajstić information content (AvgIpc) is 3.19. The summed E-state index contributed by atoms with van der Waals surface area (Å²) < 4.78 is 3.26. The summed E-state index contributed by atoms with van der Waals surface area (Å²) in [4.78, 5) is 19.5. The molecule has 152 valence electrons. The zero-order chi connectivity index (χ0) is 19.6. The van der Waals surface area contributed by atoms with Gasteiger partial charge >= 0.3 is 0 Å². The number of anilines is 2. The molecule has 0 aliphatic carbocycles. The van der Waals surface area contributed by atoms with Gasteiger partial charge in [-0.3, -0.25) is 0 Å². The number of rotatable bonds is 4. The van der Waals surface area contributed by atoms with Gasteiger partial charge < -0.3 is 14.4 Å². The molecule has 3 aromatic rings. The summed E-state index contributed by atoms with van der Waals surface area (Å²) in [5, 5.41) is 0. The minimum absolute atomic E-state index is 0.736. The summed E-state index contributed by atoms with van der Waals surface area (Å²) in [6.45, 7) is 4.78. The predicted octanol–water partition coefficient (Wildman–Crippen LogP) is 3.74. The standard InChI is InChI=1S/C20H23BrN6S2/c21-16-4-2-1-3-15(16)13-27-14-22-17-18(25-5-9-28-10-6-25)23-20(24-19(17)27)26-7-11-29-12-8-26/h1-4,14H,5-13H2. The summed E-state index contributed by atoms with van der Waals surface area (Å²) in [6.07, 6.45) is 1.91. The number of aromatic nitrogens is 4. The van der Waals surface area contributed by atoms with E-state index in [1.54, 1.807) is 0 Å². The molecule has 2 saturated heterocycles. The van der Waals surface area contributed by atoms with E-state index in [4.69, 9.17) is 15.0 Å². The number of halogens is 1. The molecule has 2 fully saturated rings. The topological polar surface area (TPSA) is 50.1 Å². The highest BCUT2D eigenvalue weighted by Crippen LogP contribution is 2.29. The van der Waals surface area contributed by atoms with Gasteiger partial charge in [0.25, 0.3) is 0 Å². The minimum Gasteiger partial charge on any atom is -0.353 e. The zero-order valence-electron chi connectivity index (χ0n) is 16.1. The smallest absolute Gasteiger partial charge is 0.229 e. The number of hydrogen-bond acceptors (Lipinski definition) is 7. The van der Waals surface area contributed by atoms with Crippen LogP contribution in [0.3, 0.4) is 0 Å². The summed E-state index contributed by atoms with van der Waals surface area (Å²) in [5.41, 5.74) is 3.06. The lowest BCUT2D eigenvalue weighted by molar-refractivity contribution is 0.784. The number of hydrogen-bond donors (Lipinski definition) is 0. The van der Waals surface area contributed by atoms with Crippen LogP contribution in [-0.4, -0.2) is 68.7 Å². The van der Waals surface area contributed by atoms with Crippen molar-refractivity contribution in [3.05, 3.63) is 40.6 Å². The van der Waals surface area contributed by atoms with Crippen LogP contribution in [0, 0.1) is 0 Å². The second kappa shape index (κ2) is 8.73. The Morgan fingerprint density at radius 3 is 2.31 bits per heavy atom. The van der Waals surface area contributed by atoms with Gasteiger partial charge in [0, 0.05) is 53.7 Å². The molecule has 0 bridgehead atoms. The van der Waals surface area contributed by atoms with E-state index in [0.717, 1.165) is 83.1 Å². The molecule has 0 amide bonds. The van der Waals surface area contributed by atoms with Crippen LogP contribution in [0.1, 0.15) is 5.56 Å². The molecule has 0 radical (unpaired) electrons. The lowest BCUT2D eigenvalue weighted by Gasteiger charge is -2.30. The Bertz CT molecular complexity index is 998. The quantitative estimate of drug-likeness (QED) is 0.551. The maximum Gasteiger partial charge on any atom is 0.229 e. The fourth-order valence-corrected chi connectivity index (χ4v) is 5.96. The maximum absolute atomic E-state index is 5.02. The van der Waals surface area contributed by atoms with Gasteiger partial charge in [-0.15, -0.1) is 0 Å². The van der Waals surface area contributed by atoms with Crippen molar-refractivity contribution in [1.29, 1.82) is 0 Å². The Morgan fingerprint density at radius 2 is 1.59 bits per heavy atom. The first-order chi connectivity index (χ1) is 14.3. The summed E-state index contributed by atoms with van der Waals surface area (Å²) >= 11 is 7.69. The van der Waals surface area contributed by atoms with Gasteiger partial charge in [0.2, 0.25) is 5.95 Å². The molecule has 0 atom stereocenters. The summed E-state index contributed by atoms with van der Waals surface area (Å²) in [7, 11) is 0. The lowest BCUT2D eigenvalue weighted by Crippen LogP contribution is -2.36. The van der Waals surface area contributed by atoms with Gasteiger partial charge in [-0.2, -0.15) is 33.5 Å². The van der Waals surface area contributed by atoms with Crippen molar-refractivity contribution in [3.8, 4) is 0 Å². The fraction of sp³-hybridized carbons (Fsp3) is 0.450. The molecule has 4 heterocycles. The molecular formula is C20H23BrN6S2. The van der Waals surface area contributed by atoms with E-state index >= 15 is 0 Å². The Hall–Kier alpha value is -1.45. The fourth-order valence-electron chi connectivity index (χ4n) is 3.74. The van der Waals surface area contributed by atoms with Crippen molar-refractivity contribution in [3.63, 3.8) is 0 Å². The molecule has 6 nitrogen and oxygen atoms in total. The molecule has 2 aliphatic heterocycles. The molecule has 0 saturated carbocycles. The van der Waals surface area contributed by atoms with Crippen LogP contribution in [0.4, 0.5) is 11.8 Å². The first-order valence-corrected chi connectivity index (χ1v) is 13.0. The second-order valence-corrected chi connectivity index (χ2v) is 10.5. The monoisotopic (exact) mass is 490 g/mol. The van der Waals surface area contributed by atoms with Gasteiger partial charge in [0.05, 0.1) is 12.9 Å². The molecule has 29 heavy (non-hydrogen) atoms. The van der Waals surface area contributed by atoms with Crippen LogP contribution in [-0.2, 0) is 6.54 Å². The molecule has 9 heteroatoms. The first kappa shape index (κ1) is 19.5. The maximum atomic E-state index is 5.02. The number of benzene rings is 1. The van der Waals surface area contributed by atoms with Crippen molar-refractivity contribution < 1.29 is 0 Å². The normalized spacial score (nSPS) is 17.8. The van der Waals surface area contributed by atoms with Gasteiger partial charge in [-0.05, 0) is 11.6 Å². The third kappa shape index (κ3) is 4.09. The van der Waals surface area contributed by atoms with Gasteiger partial charge in [0.1, 0.15) is 0 Å². The third-order valence-electron chi connectivity index (χ3n) is 5.34. The zero-order valence-corrected chi connectivity index (χ0v) is 19.3. The van der Waals surface area contributed by atoms with Gasteiger partial charge in [-0.1, -0.05) is 34.1 Å². The predicted molar refractivity (Wildman–Crippen MR) is 128 cm³/mol. The highest BCUT2D eigenvalue weighted by atomic mass is 79.9. The Balaban J connectivity index is 1.59. The molecule has 0 unspecified atom stereocenters. The Morgan fingerprint density at radius 1 is 0.897 bits per heavy atom. The van der Waals surface area contributed by atoms with Crippen molar-refractivity contribution in [2.45, 2.75) is 6.54 Å². The molecular weight excluding hydrogens is 468 g/mol. The number of nitrogens with zero attached hydrogens (tertiary/aromatic N) is 6. The molecule has 0 N–H and O–H groups in total. The van der Waals surface area contributed by atoms with E-state index in [1.807, 2.05) is 35.9 Å². The molecule has 1 aromatic carbocycles. The van der Waals surface area contributed by atoms with Gasteiger partial charge in [0.15, 0.2) is 17.0 Å². The van der Waals surface area contributed by atoms with Crippen LogP contribution in [0.15, 0.2) is 35.1 Å². The van der Waals surface area contributed by atoms with Gasteiger partial charge in [-0.25, -0.2) is 4.98 Å². The SMILES string of the molecule is Brc1ccccc1Cn1cnc2c(N3CCSCC3)nc(N3CCSCC3)nc21. The van der Waals surface area contributed by atoms with Crippen molar-refractivity contribution in [1.82, 2.24) is 19.5 Å². The number of fused-ring (bicyclic) bond motifs is 1. The molecule has 5 rings (SSSR count). The highest BCUT2D eigenvalue weighted by molar-refractivity contribution is 9.10. The van der Waals surface area contributed by atoms with Crippen molar-refractivity contribution in [2.75, 3.05) is 59.0 Å². The van der Waals surface area contributed by atoms with Crippen molar-refractivity contribution >= 4 is 62.4 Å². The highest BCUT2D eigenvalue weighted by Gasteiger charge is 2.23. The molecule has 2 aromatic heterocycles. The van der Waals surface area contributed by atoms with Crippen LogP contribution >= 0.6 is 39.5 Å². The number of thioether (sulfide) groups is 2. The molecule has 0 spiro atoms. The largest absolute Gasteiger partial charge is 0.353 e. The third-order valence-corrected chi connectivity index (χ3v) is 8.00. The summed E-state index contributed by atoms with van der Waals surface area (Å²) in [5.74, 6) is 6.38. The lowest BCUT2D eigenvalue weighted by atomic mass is 10.2. The van der Waals surface area contributed by atoms with Crippen LogP contribution < -0.4 is 9.80 Å². The van der Waals surface area contributed by atoms with E-state index in [2.05, 4.69) is 48.5 Å². The summed E-state index contributed by atoms with van der Waals surface area (Å²) in [6, 6.07) is 8.34. The molecule has 2 aliphatic rings. The van der Waals surface area contributed by atoms with Crippen LogP contribution in [0.5, 0.6) is 0 Å². The minimum atomic E-state index is 0.736. The van der Waals surface area contributed by atoms with E-state index in [-0.39, 0.29) is 0 Å². The van der Waals surface area contributed by atoms with Crippen LogP contribution in [0.2, 0.25) is 0 Å². The van der Waals surface area contributed by atoms with E-state index in [9.17, 15) is 0 Å². The first-order valence-electron chi connectivity index (χ1n) is 9.91. The van der Waals surface area contributed by atoms with E-state index in [0.29, 0.717) is 0 Å². The Labute approximate surface area is 187 Å².